The quantitative estimate of drug-likeness (QED) is 0.827. The van der Waals surface area contributed by atoms with Gasteiger partial charge in [-0.05, 0) is 37.2 Å². The summed E-state index contributed by atoms with van der Waals surface area (Å²) in [5.41, 5.74) is 0.468. The third-order valence-corrected chi connectivity index (χ3v) is 2.37. The largest absolute Gasteiger partial charge is 0.465 e. The number of halogens is 2. The molecule has 0 aliphatic heterocycles. The molecule has 0 amide bonds. The summed E-state index contributed by atoms with van der Waals surface area (Å²) in [6, 6.07) is 3.33. The second-order valence-electron chi connectivity index (χ2n) is 3.45. The fraction of sp³-hybridized carbons (Fsp3) is 0.417. The summed E-state index contributed by atoms with van der Waals surface area (Å²) in [5.74, 6) is -0.907. The fourth-order valence-electron chi connectivity index (χ4n) is 1.51. The maximum Gasteiger partial charge on any atom is 0.327 e. The van der Waals surface area contributed by atoms with Gasteiger partial charge in [-0.2, -0.15) is 0 Å². The Kier molecular flexibility index (Phi) is 5.38. The molecule has 1 unspecified atom stereocenters. The number of carbonyl (C=O) groups is 1. The van der Waals surface area contributed by atoms with Gasteiger partial charge in [-0.3, -0.25) is 0 Å². The van der Waals surface area contributed by atoms with Crippen molar-refractivity contribution in [3.63, 3.8) is 0 Å². The molecule has 0 saturated carbocycles. The Bertz CT molecular complexity index is 378. The molecule has 1 atom stereocenters. The molecule has 3 nitrogen and oxygen atoms in total. The Morgan fingerprint density at radius 3 is 2.71 bits per heavy atom. The maximum absolute atomic E-state index is 13.2. The van der Waals surface area contributed by atoms with E-state index in [1.165, 1.54) is 12.1 Å². The normalized spacial score (nSPS) is 12.2. The van der Waals surface area contributed by atoms with E-state index in [0.717, 1.165) is 0 Å². The van der Waals surface area contributed by atoms with Crippen LogP contribution in [-0.2, 0) is 9.53 Å². The van der Waals surface area contributed by atoms with Gasteiger partial charge < -0.3 is 10.1 Å². The van der Waals surface area contributed by atoms with Gasteiger partial charge in [0, 0.05) is 5.02 Å². The second-order valence-corrected chi connectivity index (χ2v) is 3.88. The van der Waals surface area contributed by atoms with E-state index in [9.17, 15) is 9.18 Å². The van der Waals surface area contributed by atoms with Gasteiger partial charge >= 0.3 is 5.97 Å². The highest BCUT2D eigenvalue weighted by molar-refractivity contribution is 6.30. The van der Waals surface area contributed by atoms with Crippen molar-refractivity contribution in [2.24, 2.45) is 0 Å². The molecular weight excluding hydrogens is 245 g/mol. The molecule has 0 fully saturated rings. The van der Waals surface area contributed by atoms with Gasteiger partial charge in [0.25, 0.3) is 0 Å². The van der Waals surface area contributed by atoms with Crippen molar-refractivity contribution in [1.29, 1.82) is 0 Å². The lowest BCUT2D eigenvalue weighted by Gasteiger charge is -2.16. The van der Waals surface area contributed by atoms with Crippen molar-refractivity contribution < 1.29 is 13.9 Å². The van der Waals surface area contributed by atoms with E-state index in [2.05, 4.69) is 5.32 Å². The van der Waals surface area contributed by atoms with Crippen molar-refractivity contribution in [2.75, 3.05) is 13.2 Å². The molecule has 0 heterocycles. The Morgan fingerprint density at radius 1 is 1.47 bits per heavy atom. The van der Waals surface area contributed by atoms with Crippen molar-refractivity contribution in [2.45, 2.75) is 19.9 Å². The van der Waals surface area contributed by atoms with E-state index < -0.39 is 17.8 Å². The molecular formula is C12H15ClFNO2. The van der Waals surface area contributed by atoms with Crippen LogP contribution in [0.3, 0.4) is 0 Å². The Morgan fingerprint density at radius 2 is 2.18 bits per heavy atom. The number of rotatable bonds is 5. The topological polar surface area (TPSA) is 38.3 Å². The predicted molar refractivity (Wildman–Crippen MR) is 64.5 cm³/mol. The summed E-state index contributed by atoms with van der Waals surface area (Å²) in [4.78, 5) is 11.7. The van der Waals surface area contributed by atoms with Crippen LogP contribution >= 0.6 is 11.6 Å². The Labute approximate surface area is 105 Å². The molecule has 1 aromatic rings. The van der Waals surface area contributed by atoms with Crippen molar-refractivity contribution in [3.8, 4) is 0 Å². The third-order valence-electron chi connectivity index (χ3n) is 2.15. The first-order valence-corrected chi connectivity index (χ1v) is 5.82. The minimum atomic E-state index is -0.687. The van der Waals surface area contributed by atoms with Crippen molar-refractivity contribution in [1.82, 2.24) is 5.32 Å². The highest BCUT2D eigenvalue weighted by Gasteiger charge is 2.21. The lowest BCUT2D eigenvalue weighted by atomic mass is 10.1. The first-order valence-electron chi connectivity index (χ1n) is 5.44. The van der Waals surface area contributed by atoms with E-state index in [-0.39, 0.29) is 11.6 Å². The molecule has 0 aromatic heterocycles. The minimum Gasteiger partial charge on any atom is -0.465 e. The van der Waals surface area contributed by atoms with E-state index in [1.807, 2.05) is 6.92 Å². The molecule has 94 valence electrons. The lowest BCUT2D eigenvalue weighted by molar-refractivity contribution is -0.145. The number of benzene rings is 1. The summed E-state index contributed by atoms with van der Waals surface area (Å²) in [6.07, 6.45) is 0. The SMILES string of the molecule is CCNC(C(=O)OCC)c1cc(F)cc(Cl)c1. The highest BCUT2D eigenvalue weighted by atomic mass is 35.5. The molecule has 1 N–H and O–H groups in total. The number of carbonyl (C=O) groups excluding carboxylic acids is 1. The first-order chi connectivity index (χ1) is 8.08. The van der Waals surface area contributed by atoms with Crippen molar-refractivity contribution >= 4 is 17.6 Å². The molecule has 0 aliphatic carbocycles. The number of esters is 1. The molecule has 1 rings (SSSR count). The van der Waals surface area contributed by atoms with Crippen LogP contribution in [0.4, 0.5) is 4.39 Å². The zero-order valence-corrected chi connectivity index (χ0v) is 10.6. The summed E-state index contributed by atoms with van der Waals surface area (Å²) in [7, 11) is 0. The monoisotopic (exact) mass is 259 g/mol. The highest BCUT2D eigenvalue weighted by Crippen LogP contribution is 2.21. The van der Waals surface area contributed by atoms with Crippen LogP contribution in [-0.4, -0.2) is 19.1 Å². The fourth-order valence-corrected chi connectivity index (χ4v) is 1.74. The van der Waals surface area contributed by atoms with Crippen LogP contribution in [0.25, 0.3) is 0 Å². The molecule has 17 heavy (non-hydrogen) atoms. The second kappa shape index (κ2) is 6.57. The molecule has 1 aromatic carbocycles. The van der Waals surface area contributed by atoms with Crippen LogP contribution in [0.2, 0.25) is 5.02 Å². The maximum atomic E-state index is 13.2. The van der Waals surface area contributed by atoms with Crippen LogP contribution in [0.1, 0.15) is 25.5 Å². The summed E-state index contributed by atoms with van der Waals surface area (Å²) in [5, 5.41) is 3.19. The number of ether oxygens (including phenoxy) is 1. The molecule has 0 spiro atoms. The standard InChI is InChI=1S/C12H15ClFNO2/c1-3-15-11(12(16)17-4-2)8-5-9(13)7-10(14)6-8/h5-7,11,15H,3-4H2,1-2H3. The zero-order valence-electron chi connectivity index (χ0n) is 9.80. The zero-order chi connectivity index (χ0) is 12.8. The Hall–Kier alpha value is -1.13. The number of hydrogen-bond donors (Lipinski definition) is 1. The molecule has 5 heteroatoms. The predicted octanol–water partition coefficient (Wildman–Crippen LogP) is 2.69. The summed E-state index contributed by atoms with van der Waals surface area (Å²) < 4.78 is 18.1. The van der Waals surface area contributed by atoms with Gasteiger partial charge in [0.15, 0.2) is 0 Å². The van der Waals surface area contributed by atoms with E-state index in [4.69, 9.17) is 16.3 Å². The first kappa shape index (κ1) is 13.9. The molecule has 0 bridgehead atoms. The van der Waals surface area contributed by atoms with Gasteiger partial charge in [0.1, 0.15) is 11.9 Å². The molecule has 0 saturated heterocycles. The number of likely N-dealkylation sites (N-methyl/N-ethyl adjacent to an activating group) is 1. The van der Waals surface area contributed by atoms with Crippen LogP contribution in [0.5, 0.6) is 0 Å². The smallest absolute Gasteiger partial charge is 0.327 e. The van der Waals surface area contributed by atoms with Gasteiger partial charge in [-0.1, -0.05) is 18.5 Å². The summed E-state index contributed by atoms with van der Waals surface area (Å²) >= 11 is 5.76. The van der Waals surface area contributed by atoms with Gasteiger partial charge in [-0.25, -0.2) is 9.18 Å². The van der Waals surface area contributed by atoms with Gasteiger partial charge in [-0.15, -0.1) is 0 Å². The average molecular weight is 260 g/mol. The van der Waals surface area contributed by atoms with E-state index in [1.54, 1.807) is 13.0 Å². The van der Waals surface area contributed by atoms with E-state index >= 15 is 0 Å². The number of nitrogens with one attached hydrogen (secondary N) is 1. The van der Waals surface area contributed by atoms with Crippen molar-refractivity contribution in [3.05, 3.63) is 34.6 Å². The molecule has 0 radical (unpaired) electrons. The van der Waals surface area contributed by atoms with Crippen LogP contribution in [0, 0.1) is 5.82 Å². The summed E-state index contributed by atoms with van der Waals surface area (Å²) in [6.45, 7) is 4.42. The average Bonchev–Trinajstić information content (AvgIpc) is 2.24. The van der Waals surface area contributed by atoms with Gasteiger partial charge in [0.2, 0.25) is 0 Å². The Balaban J connectivity index is 3.00. The minimum absolute atomic E-state index is 0.257. The lowest BCUT2D eigenvalue weighted by Crippen LogP contribution is -2.30. The van der Waals surface area contributed by atoms with Crippen LogP contribution < -0.4 is 5.32 Å². The molecule has 0 aliphatic rings. The number of hydrogen-bond acceptors (Lipinski definition) is 3. The third kappa shape index (κ3) is 3.98. The van der Waals surface area contributed by atoms with E-state index in [0.29, 0.717) is 12.1 Å². The van der Waals surface area contributed by atoms with Crippen LogP contribution in [0.15, 0.2) is 18.2 Å². The van der Waals surface area contributed by atoms with Gasteiger partial charge in [0.05, 0.1) is 6.61 Å².